The zero-order valence-corrected chi connectivity index (χ0v) is 4.55. The first kappa shape index (κ1) is 5.13. The van der Waals surface area contributed by atoms with E-state index in [9.17, 15) is 0 Å². The zero-order chi connectivity index (χ0) is 5.11. The number of rotatable bonds is 1. The summed E-state index contributed by atoms with van der Waals surface area (Å²) in [4.78, 5) is 6.75. The fourth-order valence-electron chi connectivity index (χ4n) is 0.740. The van der Waals surface area contributed by atoms with Gasteiger partial charge in [0, 0.05) is 6.54 Å². The highest BCUT2D eigenvalue weighted by Gasteiger charge is 2.10. The smallest absolute Gasteiger partial charge is 0.246 e. The summed E-state index contributed by atoms with van der Waals surface area (Å²) in [6.07, 6.45) is 2.42. The van der Waals surface area contributed by atoms with E-state index < -0.39 is 0 Å². The summed E-state index contributed by atoms with van der Waals surface area (Å²) in [5.74, 6) is 0. The van der Waals surface area contributed by atoms with E-state index in [1.165, 1.54) is 12.7 Å². The maximum absolute atomic E-state index is 4.89. The van der Waals surface area contributed by atoms with E-state index >= 15 is 0 Å². The first-order valence-corrected chi connectivity index (χ1v) is 2.57. The van der Waals surface area contributed by atoms with Gasteiger partial charge in [0.25, 0.3) is 0 Å². The second-order valence-corrected chi connectivity index (χ2v) is 1.65. The average Bonchev–Trinajstić information content (AvgIpc) is 2.14. The van der Waals surface area contributed by atoms with Crippen molar-refractivity contribution in [1.82, 2.24) is 4.97 Å². The van der Waals surface area contributed by atoms with Crippen molar-refractivity contribution in [2.24, 2.45) is 0 Å². The predicted octanol–water partition coefficient (Wildman–Crippen LogP) is 0.291. The predicted molar refractivity (Wildman–Crippen MR) is 28.9 cm³/mol. The van der Waals surface area contributed by atoms with Gasteiger partial charge in [-0.1, -0.05) is 6.32 Å². The lowest BCUT2D eigenvalue weighted by Gasteiger charge is -2.08. The van der Waals surface area contributed by atoms with Gasteiger partial charge in [-0.15, -0.1) is 0 Å². The Labute approximate surface area is 44.7 Å². The Morgan fingerprint density at radius 2 is 2.57 bits per heavy atom. The lowest BCUT2D eigenvalue weighted by atomic mass is 9.93. The second kappa shape index (κ2) is 2.33. The molecule has 1 aliphatic heterocycles. The van der Waals surface area contributed by atoms with Crippen LogP contribution in [-0.2, 0) is 4.84 Å². The van der Waals surface area contributed by atoms with Crippen molar-refractivity contribution in [3.05, 3.63) is 0 Å². The molecule has 0 saturated carbocycles. The van der Waals surface area contributed by atoms with Crippen LogP contribution in [0.2, 0.25) is 6.32 Å². The molecule has 1 heterocycles. The van der Waals surface area contributed by atoms with E-state index in [-0.39, 0.29) is 0 Å². The molecule has 1 fully saturated rings. The van der Waals surface area contributed by atoms with Gasteiger partial charge in [0.2, 0.25) is 7.41 Å². The van der Waals surface area contributed by atoms with Crippen LogP contribution in [0.3, 0.4) is 0 Å². The molecule has 2 nitrogen and oxygen atoms in total. The lowest BCUT2D eigenvalue weighted by molar-refractivity contribution is -0.0439. The molecule has 0 N–H and O–H groups in total. The van der Waals surface area contributed by atoms with Gasteiger partial charge in [0.15, 0.2) is 0 Å². The summed E-state index contributed by atoms with van der Waals surface area (Å²) in [5.41, 5.74) is 0. The van der Waals surface area contributed by atoms with E-state index in [2.05, 4.69) is 7.41 Å². The number of hydrogen-bond acceptors (Lipinski definition) is 2. The topological polar surface area (TPSA) is 12.5 Å². The minimum absolute atomic E-state index is 1.07. The van der Waals surface area contributed by atoms with E-state index in [0.29, 0.717) is 0 Å². The zero-order valence-electron chi connectivity index (χ0n) is 4.55. The summed E-state index contributed by atoms with van der Waals surface area (Å²) < 4.78 is 0. The summed E-state index contributed by atoms with van der Waals surface area (Å²) in [5, 5.41) is 0. The molecule has 0 spiro atoms. The van der Waals surface area contributed by atoms with Gasteiger partial charge < -0.3 is 4.84 Å². The molecule has 0 bridgehead atoms. The molecule has 0 unspecified atom stereocenters. The molecule has 0 aromatic rings. The van der Waals surface area contributed by atoms with E-state index in [1.54, 1.807) is 7.11 Å². The van der Waals surface area contributed by atoms with Gasteiger partial charge >= 0.3 is 0 Å². The highest BCUT2D eigenvalue weighted by atomic mass is 16.7. The highest BCUT2D eigenvalue weighted by Crippen LogP contribution is 2.03. The van der Waals surface area contributed by atoms with Gasteiger partial charge in [-0.3, -0.25) is 0 Å². The van der Waals surface area contributed by atoms with Crippen LogP contribution in [0, 0.1) is 0 Å². The molecule has 0 aromatic carbocycles. The SMILES string of the molecule is CON1[B]CCC1. The van der Waals surface area contributed by atoms with Crippen molar-refractivity contribution in [1.29, 1.82) is 0 Å². The van der Waals surface area contributed by atoms with Crippen LogP contribution in [0.5, 0.6) is 0 Å². The largest absolute Gasteiger partial charge is 0.315 e. The third kappa shape index (κ3) is 1.18. The molecule has 7 heavy (non-hydrogen) atoms. The molecule has 0 aromatic heterocycles. The quantitative estimate of drug-likeness (QED) is 0.437. The average molecular weight is 97.9 g/mol. The maximum Gasteiger partial charge on any atom is 0.246 e. The Hall–Kier alpha value is -0.0151. The van der Waals surface area contributed by atoms with E-state index in [4.69, 9.17) is 4.84 Å². The molecule has 3 heteroatoms. The van der Waals surface area contributed by atoms with Crippen molar-refractivity contribution < 1.29 is 4.84 Å². The monoisotopic (exact) mass is 98.1 g/mol. The van der Waals surface area contributed by atoms with Crippen LogP contribution >= 0.6 is 0 Å². The van der Waals surface area contributed by atoms with Gasteiger partial charge in [-0.05, 0) is 6.42 Å². The Bertz CT molecular complexity index is 53.7. The van der Waals surface area contributed by atoms with Gasteiger partial charge in [0.05, 0.1) is 7.11 Å². The third-order valence-corrected chi connectivity index (χ3v) is 1.15. The van der Waals surface area contributed by atoms with Crippen molar-refractivity contribution in [2.45, 2.75) is 12.7 Å². The van der Waals surface area contributed by atoms with Crippen molar-refractivity contribution in [3.8, 4) is 0 Å². The number of hydrogen-bond donors (Lipinski definition) is 0. The Morgan fingerprint density at radius 1 is 1.71 bits per heavy atom. The minimum atomic E-state index is 1.07. The van der Waals surface area contributed by atoms with Crippen LogP contribution in [0.1, 0.15) is 6.42 Å². The van der Waals surface area contributed by atoms with E-state index in [0.717, 1.165) is 6.54 Å². The molecular formula is C4H9BNO. The number of hydroxylamine groups is 1. The molecule has 0 amide bonds. The van der Waals surface area contributed by atoms with Crippen LogP contribution < -0.4 is 0 Å². The molecule has 1 rings (SSSR count). The van der Waals surface area contributed by atoms with Crippen molar-refractivity contribution in [2.75, 3.05) is 13.7 Å². The third-order valence-electron chi connectivity index (χ3n) is 1.15. The molecular weight excluding hydrogens is 88.9 g/mol. The Morgan fingerprint density at radius 3 is 2.86 bits per heavy atom. The maximum atomic E-state index is 4.89. The van der Waals surface area contributed by atoms with Gasteiger partial charge in [0.1, 0.15) is 0 Å². The molecule has 0 atom stereocenters. The summed E-state index contributed by atoms with van der Waals surface area (Å²) in [6.45, 7) is 1.07. The summed E-state index contributed by atoms with van der Waals surface area (Å²) >= 11 is 0. The van der Waals surface area contributed by atoms with Gasteiger partial charge in [-0.25, -0.2) is 4.97 Å². The van der Waals surface area contributed by atoms with Crippen LogP contribution in [-0.4, -0.2) is 26.0 Å². The summed E-state index contributed by atoms with van der Waals surface area (Å²) in [6, 6.07) is 0. The fourth-order valence-corrected chi connectivity index (χ4v) is 0.740. The minimum Gasteiger partial charge on any atom is -0.315 e. The molecule has 39 valence electrons. The van der Waals surface area contributed by atoms with E-state index in [1.807, 2.05) is 4.97 Å². The van der Waals surface area contributed by atoms with Crippen LogP contribution in [0.25, 0.3) is 0 Å². The van der Waals surface area contributed by atoms with Crippen LogP contribution in [0.4, 0.5) is 0 Å². The first-order chi connectivity index (χ1) is 3.43. The van der Waals surface area contributed by atoms with Gasteiger partial charge in [-0.2, -0.15) is 0 Å². The molecule has 1 radical (unpaired) electrons. The van der Waals surface area contributed by atoms with Crippen LogP contribution in [0.15, 0.2) is 0 Å². The Kier molecular flexibility index (Phi) is 1.71. The fraction of sp³-hybridized carbons (Fsp3) is 1.00. The highest BCUT2D eigenvalue weighted by molar-refractivity contribution is 6.32. The van der Waals surface area contributed by atoms with Crippen molar-refractivity contribution >= 4 is 7.41 Å². The summed E-state index contributed by atoms with van der Waals surface area (Å²) in [7, 11) is 3.77. The normalized spacial score (nSPS) is 22.4. The molecule has 1 aliphatic rings. The van der Waals surface area contributed by atoms with Crippen molar-refractivity contribution in [3.63, 3.8) is 0 Å². The number of nitrogens with zero attached hydrogens (tertiary/aromatic N) is 1. The molecule has 0 aliphatic carbocycles. The molecule has 1 saturated heterocycles. The lowest BCUT2D eigenvalue weighted by Crippen LogP contribution is -2.19. The Balaban J connectivity index is 2.14. The first-order valence-electron chi connectivity index (χ1n) is 2.57. The standard InChI is InChI=1S/C4H9BNO/c1-7-6-4-2-3-5-6/h2-4H2,1H3. The second-order valence-electron chi connectivity index (χ2n) is 1.65.